The Hall–Kier alpha value is -1.15. The van der Waals surface area contributed by atoms with Gasteiger partial charge in [0.05, 0.1) is 5.75 Å². The number of aliphatic carboxylic acids is 1. The largest absolute Gasteiger partial charge is 0.481 e. The van der Waals surface area contributed by atoms with Crippen molar-refractivity contribution >= 4 is 21.9 Å². The third-order valence-electron chi connectivity index (χ3n) is 3.45. The predicted octanol–water partition coefficient (Wildman–Crippen LogP) is 0.0291. The van der Waals surface area contributed by atoms with E-state index in [2.05, 4.69) is 5.32 Å². The Morgan fingerprint density at radius 1 is 1.30 bits per heavy atom. The van der Waals surface area contributed by atoms with Gasteiger partial charge in [0.2, 0.25) is 15.9 Å². The molecule has 0 atom stereocenters. The molecule has 7 nitrogen and oxygen atoms in total. The Kier molecular flexibility index (Phi) is 6.41. The van der Waals surface area contributed by atoms with Crippen LogP contribution in [0.1, 0.15) is 32.6 Å². The maximum Gasteiger partial charge on any atom is 0.303 e. The zero-order valence-corrected chi connectivity index (χ0v) is 12.5. The van der Waals surface area contributed by atoms with Gasteiger partial charge in [-0.05, 0) is 26.2 Å². The molecule has 0 unspecified atom stereocenters. The molecule has 1 saturated heterocycles. The van der Waals surface area contributed by atoms with Gasteiger partial charge in [0.25, 0.3) is 0 Å². The van der Waals surface area contributed by atoms with Gasteiger partial charge in [0.1, 0.15) is 0 Å². The predicted molar refractivity (Wildman–Crippen MR) is 73.6 cm³/mol. The molecular weight excluding hydrogens is 284 g/mol. The summed E-state index contributed by atoms with van der Waals surface area (Å²) in [4.78, 5) is 22.2. The fraction of sp³-hybridized carbons (Fsp3) is 0.833. The first-order valence-corrected chi connectivity index (χ1v) is 8.45. The number of amides is 1. The number of nitrogens with one attached hydrogen (secondary N) is 1. The van der Waals surface area contributed by atoms with Gasteiger partial charge < -0.3 is 10.4 Å². The van der Waals surface area contributed by atoms with Gasteiger partial charge in [-0.25, -0.2) is 12.7 Å². The van der Waals surface area contributed by atoms with Crippen LogP contribution in [0, 0.1) is 5.92 Å². The van der Waals surface area contributed by atoms with Gasteiger partial charge in [-0.15, -0.1) is 0 Å². The van der Waals surface area contributed by atoms with E-state index < -0.39 is 16.0 Å². The van der Waals surface area contributed by atoms with E-state index in [0.29, 0.717) is 38.9 Å². The van der Waals surface area contributed by atoms with Crippen molar-refractivity contribution in [1.29, 1.82) is 0 Å². The molecule has 0 bridgehead atoms. The summed E-state index contributed by atoms with van der Waals surface area (Å²) in [5.41, 5.74) is 0. The average molecular weight is 306 g/mol. The number of sulfonamides is 1. The Morgan fingerprint density at radius 3 is 2.40 bits per heavy atom. The Labute approximate surface area is 119 Å². The number of carbonyl (C=O) groups is 2. The molecule has 1 heterocycles. The first kappa shape index (κ1) is 16.9. The molecule has 8 heteroatoms. The molecule has 2 N–H and O–H groups in total. The third kappa shape index (κ3) is 5.09. The molecule has 20 heavy (non-hydrogen) atoms. The Balaban J connectivity index is 2.31. The molecule has 0 spiro atoms. The zero-order valence-electron chi connectivity index (χ0n) is 11.7. The lowest BCUT2D eigenvalue weighted by Gasteiger charge is -2.30. The number of hydrogen-bond donors (Lipinski definition) is 2. The number of nitrogens with zero attached hydrogens (tertiary/aromatic N) is 1. The van der Waals surface area contributed by atoms with Crippen LogP contribution in [-0.2, 0) is 19.6 Å². The van der Waals surface area contributed by atoms with E-state index in [-0.39, 0.29) is 24.0 Å². The van der Waals surface area contributed by atoms with E-state index in [1.807, 2.05) is 0 Å². The van der Waals surface area contributed by atoms with Gasteiger partial charge in [-0.3, -0.25) is 9.59 Å². The number of piperidine rings is 1. The molecular formula is C12H22N2O5S. The molecule has 1 rings (SSSR count). The second-order valence-electron chi connectivity index (χ2n) is 4.86. The number of carboxylic acid groups (broad SMARTS) is 1. The van der Waals surface area contributed by atoms with Gasteiger partial charge >= 0.3 is 5.97 Å². The highest BCUT2D eigenvalue weighted by Gasteiger charge is 2.29. The quantitative estimate of drug-likeness (QED) is 0.646. The highest BCUT2D eigenvalue weighted by Crippen LogP contribution is 2.19. The van der Waals surface area contributed by atoms with Crippen LogP contribution in [0.15, 0.2) is 0 Å². The van der Waals surface area contributed by atoms with E-state index in [9.17, 15) is 18.0 Å². The lowest BCUT2D eigenvalue weighted by molar-refractivity contribution is -0.137. The van der Waals surface area contributed by atoms with E-state index in [0.717, 1.165) is 0 Å². The highest BCUT2D eigenvalue weighted by atomic mass is 32.2. The molecule has 0 saturated carbocycles. The van der Waals surface area contributed by atoms with Crippen LogP contribution in [0.2, 0.25) is 0 Å². The van der Waals surface area contributed by atoms with E-state index in [4.69, 9.17) is 5.11 Å². The van der Waals surface area contributed by atoms with Crippen LogP contribution < -0.4 is 5.32 Å². The first-order chi connectivity index (χ1) is 9.36. The molecule has 1 amide bonds. The average Bonchev–Trinajstić information content (AvgIpc) is 2.43. The molecule has 0 radical (unpaired) electrons. The SMILES string of the molecule is CCS(=O)(=O)N1CCC(C(=O)NCCCC(=O)O)CC1. The fourth-order valence-electron chi connectivity index (χ4n) is 2.17. The molecule has 0 aliphatic carbocycles. The summed E-state index contributed by atoms with van der Waals surface area (Å²) in [5, 5.41) is 11.2. The number of carboxylic acids is 1. The van der Waals surface area contributed by atoms with E-state index >= 15 is 0 Å². The summed E-state index contributed by atoms with van der Waals surface area (Å²) in [6.45, 7) is 2.71. The van der Waals surface area contributed by atoms with Crippen molar-refractivity contribution in [3.63, 3.8) is 0 Å². The van der Waals surface area contributed by atoms with Crippen molar-refractivity contribution in [2.24, 2.45) is 5.92 Å². The summed E-state index contributed by atoms with van der Waals surface area (Å²) >= 11 is 0. The second-order valence-corrected chi connectivity index (χ2v) is 7.12. The van der Waals surface area contributed by atoms with Gasteiger partial charge in [0, 0.05) is 32.0 Å². The monoisotopic (exact) mass is 306 g/mol. The normalized spacial score (nSPS) is 17.9. The van der Waals surface area contributed by atoms with Gasteiger partial charge in [0.15, 0.2) is 0 Å². The Bertz CT molecular complexity index is 441. The van der Waals surface area contributed by atoms with Crippen LogP contribution in [0.4, 0.5) is 0 Å². The van der Waals surface area contributed by atoms with Crippen LogP contribution in [0.25, 0.3) is 0 Å². The zero-order chi connectivity index (χ0) is 15.2. The van der Waals surface area contributed by atoms with Gasteiger partial charge in [-0.1, -0.05) is 0 Å². The minimum Gasteiger partial charge on any atom is -0.481 e. The summed E-state index contributed by atoms with van der Waals surface area (Å²) in [6.07, 6.45) is 1.48. The number of carbonyl (C=O) groups excluding carboxylic acids is 1. The molecule has 116 valence electrons. The summed E-state index contributed by atoms with van der Waals surface area (Å²) < 4.78 is 24.8. The van der Waals surface area contributed by atoms with E-state index in [1.165, 1.54) is 4.31 Å². The van der Waals surface area contributed by atoms with Crippen LogP contribution in [-0.4, -0.2) is 55.1 Å². The fourth-order valence-corrected chi connectivity index (χ4v) is 3.31. The maximum absolute atomic E-state index is 11.8. The second kappa shape index (κ2) is 7.58. The molecule has 1 aliphatic heterocycles. The maximum atomic E-state index is 11.8. The third-order valence-corrected chi connectivity index (χ3v) is 5.33. The van der Waals surface area contributed by atoms with Crippen LogP contribution in [0.3, 0.4) is 0 Å². The van der Waals surface area contributed by atoms with Crippen LogP contribution >= 0.6 is 0 Å². The minimum atomic E-state index is -3.16. The topological polar surface area (TPSA) is 104 Å². The molecule has 1 aliphatic rings. The van der Waals surface area contributed by atoms with Crippen molar-refractivity contribution < 1.29 is 23.1 Å². The summed E-state index contributed by atoms with van der Waals surface area (Å²) in [5.74, 6) is -1.08. The van der Waals surface area contributed by atoms with Crippen molar-refractivity contribution in [1.82, 2.24) is 9.62 Å². The molecule has 0 aromatic heterocycles. The van der Waals surface area contributed by atoms with Crippen LogP contribution in [0.5, 0.6) is 0 Å². The summed E-state index contributed by atoms with van der Waals surface area (Å²) in [6, 6.07) is 0. The van der Waals surface area contributed by atoms with E-state index in [1.54, 1.807) is 6.92 Å². The molecule has 1 fully saturated rings. The standard InChI is InChI=1S/C12H22N2O5S/c1-2-20(18,19)14-8-5-10(6-9-14)12(17)13-7-3-4-11(15)16/h10H,2-9H2,1H3,(H,13,17)(H,15,16). The van der Waals surface area contributed by atoms with Gasteiger partial charge in [-0.2, -0.15) is 0 Å². The minimum absolute atomic E-state index is 0.0352. The first-order valence-electron chi connectivity index (χ1n) is 6.84. The number of hydrogen-bond acceptors (Lipinski definition) is 4. The smallest absolute Gasteiger partial charge is 0.303 e. The highest BCUT2D eigenvalue weighted by molar-refractivity contribution is 7.89. The molecule has 0 aromatic rings. The Morgan fingerprint density at radius 2 is 1.90 bits per heavy atom. The summed E-state index contributed by atoms with van der Waals surface area (Å²) in [7, 11) is -3.16. The van der Waals surface area contributed by atoms with Crippen molar-refractivity contribution in [2.45, 2.75) is 32.6 Å². The van der Waals surface area contributed by atoms with Crippen molar-refractivity contribution in [3.05, 3.63) is 0 Å². The number of rotatable bonds is 7. The van der Waals surface area contributed by atoms with Crippen molar-refractivity contribution in [2.75, 3.05) is 25.4 Å². The lowest BCUT2D eigenvalue weighted by atomic mass is 9.97. The van der Waals surface area contributed by atoms with Crippen molar-refractivity contribution in [3.8, 4) is 0 Å². The lowest BCUT2D eigenvalue weighted by Crippen LogP contribution is -2.43. The molecule has 0 aromatic carbocycles.